The Morgan fingerprint density at radius 1 is 0.917 bits per heavy atom. The molecule has 11 nitrogen and oxygen atoms in total. The van der Waals surface area contributed by atoms with E-state index in [1.165, 1.54) is 14.2 Å². The van der Waals surface area contributed by atoms with Crippen molar-refractivity contribution in [1.82, 2.24) is 14.8 Å². The van der Waals surface area contributed by atoms with E-state index >= 15 is 0 Å². The number of rotatable bonds is 9. The number of fused-ring (bicyclic) bond motifs is 1. The van der Waals surface area contributed by atoms with Crippen molar-refractivity contribution < 1.29 is 23.8 Å². The lowest BCUT2D eigenvalue weighted by Gasteiger charge is -2.39. The Morgan fingerprint density at radius 3 is 2.31 bits per heavy atom. The van der Waals surface area contributed by atoms with Crippen molar-refractivity contribution in [1.29, 1.82) is 0 Å². The Morgan fingerprint density at radius 2 is 1.62 bits per heavy atom. The third kappa shape index (κ3) is 8.15. The SMILES string of the molecule is CCC1CN(Cc2cc(Oc3ccc(NC(=O)Nc4cc(C(C)(C)C)cc(NC(=O)OC)c4OC)c4ccccc34)ccn2)CCN1C. The third-order valence-corrected chi connectivity index (χ3v) is 8.70. The van der Waals surface area contributed by atoms with Crippen molar-refractivity contribution in [2.45, 2.75) is 52.1 Å². The van der Waals surface area contributed by atoms with Crippen LogP contribution in [0.15, 0.2) is 66.9 Å². The van der Waals surface area contributed by atoms with Crippen LogP contribution in [0.1, 0.15) is 45.4 Å². The van der Waals surface area contributed by atoms with E-state index in [2.05, 4.69) is 44.7 Å². The fraction of sp³-hybridized carbons (Fsp3) is 0.378. The molecule has 0 saturated carbocycles. The molecule has 1 aromatic heterocycles. The minimum atomic E-state index is -0.647. The Hall–Kier alpha value is -4.87. The quantitative estimate of drug-likeness (QED) is 0.168. The van der Waals surface area contributed by atoms with Crippen molar-refractivity contribution in [3.8, 4) is 17.2 Å². The van der Waals surface area contributed by atoms with Gasteiger partial charge in [0, 0.05) is 55.3 Å². The highest BCUT2D eigenvalue weighted by Gasteiger charge is 2.24. The number of carbonyl (C=O) groups excluding carboxylic acids is 2. The molecule has 3 N–H and O–H groups in total. The number of hydrogen-bond acceptors (Lipinski definition) is 8. The molecule has 3 amide bonds. The molecule has 1 aliphatic rings. The largest absolute Gasteiger partial charge is 0.492 e. The molecule has 1 atom stereocenters. The number of likely N-dealkylation sites (N-methyl/N-ethyl adjacent to an activating group) is 1. The molecule has 48 heavy (non-hydrogen) atoms. The summed E-state index contributed by atoms with van der Waals surface area (Å²) in [6, 6.07) is 19.0. The van der Waals surface area contributed by atoms with Crippen LogP contribution in [0.25, 0.3) is 10.8 Å². The van der Waals surface area contributed by atoms with Gasteiger partial charge >= 0.3 is 12.1 Å². The van der Waals surface area contributed by atoms with Crippen LogP contribution < -0.4 is 25.4 Å². The van der Waals surface area contributed by atoms with Crippen molar-refractivity contribution in [2.24, 2.45) is 0 Å². The number of urea groups is 1. The molecule has 0 aliphatic carbocycles. The normalized spacial score (nSPS) is 15.5. The number of hydrogen-bond donors (Lipinski definition) is 3. The van der Waals surface area contributed by atoms with Gasteiger partial charge in [-0.3, -0.25) is 15.2 Å². The molecule has 4 aromatic rings. The van der Waals surface area contributed by atoms with Gasteiger partial charge in [-0.15, -0.1) is 0 Å². The standard InChI is InChI=1S/C37H46N6O5/c1-8-26-23-43(18-17-42(26)5)22-25-21-27(15-16-38-25)48-33-14-13-30(28-11-9-10-12-29(28)33)39-35(44)40-31-19-24(37(2,3)4)20-32(34(31)46-6)41-36(45)47-7/h9-16,19-21,26H,8,17-18,22-23H2,1-7H3,(H,41,45)(H2,39,40,44). The zero-order valence-electron chi connectivity index (χ0n) is 28.8. The predicted octanol–water partition coefficient (Wildman–Crippen LogP) is 7.68. The molecule has 1 unspecified atom stereocenters. The lowest BCUT2D eigenvalue weighted by Crippen LogP contribution is -2.50. The number of aromatic nitrogens is 1. The highest BCUT2D eigenvalue weighted by molar-refractivity contribution is 6.08. The number of benzene rings is 3. The van der Waals surface area contributed by atoms with Gasteiger partial charge in [-0.2, -0.15) is 0 Å². The average molecular weight is 655 g/mol. The Balaban J connectivity index is 1.35. The molecular formula is C37H46N6O5. The fourth-order valence-electron chi connectivity index (χ4n) is 5.93. The first-order valence-electron chi connectivity index (χ1n) is 16.2. The van der Waals surface area contributed by atoms with Crippen LogP contribution in [0.5, 0.6) is 17.2 Å². The summed E-state index contributed by atoms with van der Waals surface area (Å²) in [6.07, 6.45) is 2.26. The molecule has 1 fully saturated rings. The van der Waals surface area contributed by atoms with Gasteiger partial charge in [-0.25, -0.2) is 9.59 Å². The average Bonchev–Trinajstić information content (AvgIpc) is 3.06. The summed E-state index contributed by atoms with van der Waals surface area (Å²) >= 11 is 0. The number of ether oxygens (including phenoxy) is 3. The maximum Gasteiger partial charge on any atom is 0.411 e. The van der Waals surface area contributed by atoms with Crippen LogP contribution in [-0.4, -0.2) is 73.9 Å². The number of pyridine rings is 1. The molecule has 1 aliphatic heterocycles. The van der Waals surface area contributed by atoms with Gasteiger partial charge in [-0.1, -0.05) is 52.0 Å². The molecule has 3 aromatic carbocycles. The smallest absolute Gasteiger partial charge is 0.411 e. The van der Waals surface area contributed by atoms with Crippen LogP contribution in [0.3, 0.4) is 0 Å². The van der Waals surface area contributed by atoms with Gasteiger partial charge in [0.25, 0.3) is 0 Å². The second kappa shape index (κ2) is 14.9. The number of carbonyl (C=O) groups is 2. The van der Waals surface area contributed by atoms with E-state index in [0.29, 0.717) is 40.4 Å². The molecule has 0 spiro atoms. The number of anilines is 3. The molecular weight excluding hydrogens is 608 g/mol. The van der Waals surface area contributed by atoms with E-state index in [0.717, 1.165) is 54.6 Å². The first-order chi connectivity index (χ1) is 23.0. The van der Waals surface area contributed by atoms with Gasteiger partial charge in [0.05, 0.1) is 37.0 Å². The van der Waals surface area contributed by atoms with Gasteiger partial charge in [0.2, 0.25) is 0 Å². The summed E-state index contributed by atoms with van der Waals surface area (Å²) in [5.41, 5.74) is 2.94. The van der Waals surface area contributed by atoms with Crippen LogP contribution in [0.2, 0.25) is 0 Å². The Bertz CT molecular complexity index is 1770. The van der Waals surface area contributed by atoms with E-state index in [1.807, 2.05) is 81.4 Å². The van der Waals surface area contributed by atoms with E-state index in [-0.39, 0.29) is 5.41 Å². The van der Waals surface area contributed by atoms with Crippen LogP contribution in [0, 0.1) is 0 Å². The zero-order chi connectivity index (χ0) is 34.4. The number of nitrogens with zero attached hydrogens (tertiary/aromatic N) is 3. The lowest BCUT2D eigenvalue weighted by molar-refractivity contribution is 0.0875. The van der Waals surface area contributed by atoms with Crippen LogP contribution in [0.4, 0.5) is 26.7 Å². The lowest BCUT2D eigenvalue weighted by atomic mass is 9.86. The molecule has 11 heteroatoms. The van der Waals surface area contributed by atoms with Gasteiger partial charge < -0.3 is 29.7 Å². The van der Waals surface area contributed by atoms with Gasteiger partial charge in [-0.05, 0) is 54.8 Å². The second-order valence-electron chi connectivity index (χ2n) is 13.1. The molecule has 0 radical (unpaired) electrons. The monoisotopic (exact) mass is 654 g/mol. The topological polar surface area (TPSA) is 117 Å². The summed E-state index contributed by atoms with van der Waals surface area (Å²) in [7, 11) is 4.96. The minimum Gasteiger partial charge on any atom is -0.492 e. The Labute approximate surface area is 282 Å². The molecule has 254 valence electrons. The zero-order valence-corrected chi connectivity index (χ0v) is 28.8. The van der Waals surface area contributed by atoms with Crippen LogP contribution in [-0.2, 0) is 16.7 Å². The van der Waals surface area contributed by atoms with Gasteiger partial charge in [0.15, 0.2) is 5.75 Å². The van der Waals surface area contributed by atoms with E-state index in [1.54, 1.807) is 6.20 Å². The first kappa shape index (κ1) is 34.5. The second-order valence-corrected chi connectivity index (χ2v) is 13.1. The van der Waals surface area contributed by atoms with Crippen molar-refractivity contribution in [2.75, 3.05) is 56.9 Å². The summed E-state index contributed by atoms with van der Waals surface area (Å²) in [6.45, 7) is 12.2. The highest BCUT2D eigenvalue weighted by Crippen LogP contribution is 2.39. The van der Waals surface area contributed by atoms with Crippen LogP contribution >= 0.6 is 0 Å². The minimum absolute atomic E-state index is 0.282. The van der Waals surface area contributed by atoms with E-state index in [4.69, 9.17) is 14.2 Å². The Kier molecular flexibility index (Phi) is 10.7. The number of amides is 3. The molecule has 2 heterocycles. The third-order valence-electron chi connectivity index (χ3n) is 8.70. The van der Waals surface area contributed by atoms with Gasteiger partial charge in [0.1, 0.15) is 11.5 Å². The maximum absolute atomic E-state index is 13.4. The molecule has 5 rings (SSSR count). The summed E-state index contributed by atoms with van der Waals surface area (Å²) in [5, 5.41) is 10.2. The fourth-order valence-corrected chi connectivity index (χ4v) is 5.93. The van der Waals surface area contributed by atoms with Crippen molar-refractivity contribution in [3.05, 3.63) is 78.1 Å². The first-order valence-corrected chi connectivity index (χ1v) is 16.2. The predicted molar refractivity (Wildman–Crippen MR) is 191 cm³/mol. The highest BCUT2D eigenvalue weighted by atomic mass is 16.5. The summed E-state index contributed by atoms with van der Waals surface area (Å²) in [5.74, 6) is 1.66. The van der Waals surface area contributed by atoms with Crippen molar-refractivity contribution in [3.63, 3.8) is 0 Å². The number of methoxy groups -OCH3 is 2. The maximum atomic E-state index is 13.4. The molecule has 0 bridgehead atoms. The number of piperazine rings is 1. The van der Waals surface area contributed by atoms with E-state index < -0.39 is 12.1 Å². The number of nitrogens with one attached hydrogen (secondary N) is 3. The van der Waals surface area contributed by atoms with Crippen molar-refractivity contribution >= 4 is 40.0 Å². The summed E-state index contributed by atoms with van der Waals surface area (Å²) in [4.78, 5) is 35.0. The van der Waals surface area contributed by atoms with E-state index in [9.17, 15) is 9.59 Å². The summed E-state index contributed by atoms with van der Waals surface area (Å²) < 4.78 is 16.8. The molecule has 1 saturated heterocycles.